The highest BCUT2D eigenvalue weighted by Crippen LogP contribution is 2.16. The number of fused-ring (bicyclic) bond motifs is 3. The standard InChI is InChI=1S/C17H13N3O2/c21-16-15-14(12-8-4-5-9-13(12)18-16)17(22)20(19-15)10-11-6-2-1-3-7-11/h1-9,19H,10H2,(H,18,21). The summed E-state index contributed by atoms with van der Waals surface area (Å²) in [7, 11) is 0. The number of hydrogen-bond donors (Lipinski definition) is 2. The molecule has 0 radical (unpaired) electrons. The number of aromatic amines is 2. The first-order chi connectivity index (χ1) is 10.7. The predicted molar refractivity (Wildman–Crippen MR) is 86.2 cm³/mol. The molecule has 2 heterocycles. The Morgan fingerprint density at radius 1 is 0.909 bits per heavy atom. The molecule has 5 nitrogen and oxygen atoms in total. The van der Waals surface area contributed by atoms with E-state index in [1.54, 1.807) is 6.07 Å². The van der Waals surface area contributed by atoms with E-state index in [0.29, 0.717) is 23.0 Å². The second kappa shape index (κ2) is 4.73. The zero-order chi connectivity index (χ0) is 15.1. The molecule has 2 N–H and O–H groups in total. The number of hydrogen-bond acceptors (Lipinski definition) is 2. The van der Waals surface area contributed by atoms with Gasteiger partial charge in [0.2, 0.25) is 0 Å². The number of H-pyrrole nitrogens is 2. The van der Waals surface area contributed by atoms with Crippen LogP contribution >= 0.6 is 0 Å². The molecule has 0 saturated carbocycles. The van der Waals surface area contributed by atoms with Gasteiger partial charge in [-0.25, -0.2) is 4.68 Å². The van der Waals surface area contributed by atoms with E-state index in [-0.39, 0.29) is 11.1 Å². The fourth-order valence-electron chi connectivity index (χ4n) is 2.77. The van der Waals surface area contributed by atoms with Crippen molar-refractivity contribution in [2.75, 3.05) is 0 Å². The number of aromatic nitrogens is 3. The first-order valence-corrected chi connectivity index (χ1v) is 7.01. The van der Waals surface area contributed by atoms with Crippen LogP contribution in [-0.2, 0) is 6.54 Å². The molecule has 0 unspecified atom stereocenters. The average molecular weight is 291 g/mol. The lowest BCUT2D eigenvalue weighted by atomic mass is 10.1. The molecule has 4 aromatic rings. The van der Waals surface area contributed by atoms with Crippen LogP contribution in [-0.4, -0.2) is 14.8 Å². The molecule has 0 fully saturated rings. The number of nitrogens with zero attached hydrogens (tertiary/aromatic N) is 1. The molecule has 0 atom stereocenters. The molecule has 0 spiro atoms. The molecular formula is C17H13N3O2. The second-order valence-electron chi connectivity index (χ2n) is 5.24. The SMILES string of the molecule is O=c1[nH]c2ccccc2c2c(=O)n(Cc3ccccc3)[nH]c12. The topological polar surface area (TPSA) is 70.7 Å². The highest BCUT2D eigenvalue weighted by Gasteiger charge is 2.13. The minimum Gasteiger partial charge on any atom is -0.320 e. The molecule has 0 saturated heterocycles. The molecular weight excluding hydrogens is 278 g/mol. The lowest BCUT2D eigenvalue weighted by Crippen LogP contribution is -2.17. The Kier molecular flexibility index (Phi) is 2.72. The molecule has 0 bridgehead atoms. The van der Waals surface area contributed by atoms with Crippen molar-refractivity contribution in [3.05, 3.63) is 80.9 Å². The van der Waals surface area contributed by atoms with Gasteiger partial charge in [-0.05, 0) is 11.6 Å². The Labute approximate surface area is 124 Å². The summed E-state index contributed by atoms with van der Waals surface area (Å²) < 4.78 is 1.47. The molecule has 22 heavy (non-hydrogen) atoms. The van der Waals surface area contributed by atoms with Crippen LogP contribution in [0.2, 0.25) is 0 Å². The van der Waals surface area contributed by atoms with Crippen LogP contribution in [0, 0.1) is 0 Å². The summed E-state index contributed by atoms with van der Waals surface area (Å²) >= 11 is 0. The Bertz CT molecular complexity index is 1090. The number of nitrogens with one attached hydrogen (secondary N) is 2. The highest BCUT2D eigenvalue weighted by atomic mass is 16.1. The number of pyridine rings is 1. The van der Waals surface area contributed by atoms with E-state index >= 15 is 0 Å². The third-order valence-electron chi connectivity index (χ3n) is 3.81. The summed E-state index contributed by atoms with van der Waals surface area (Å²) in [6.45, 7) is 0.405. The van der Waals surface area contributed by atoms with Crippen molar-refractivity contribution < 1.29 is 0 Å². The monoisotopic (exact) mass is 291 g/mol. The molecule has 0 amide bonds. The molecule has 0 aliphatic carbocycles. The maximum atomic E-state index is 12.7. The van der Waals surface area contributed by atoms with E-state index in [2.05, 4.69) is 10.1 Å². The quantitative estimate of drug-likeness (QED) is 0.594. The van der Waals surface area contributed by atoms with Crippen molar-refractivity contribution in [3.63, 3.8) is 0 Å². The summed E-state index contributed by atoms with van der Waals surface area (Å²) in [6.07, 6.45) is 0. The minimum atomic E-state index is -0.280. The summed E-state index contributed by atoms with van der Waals surface area (Å²) in [5.41, 5.74) is 1.53. The summed E-state index contributed by atoms with van der Waals surface area (Å²) in [6, 6.07) is 17.0. The van der Waals surface area contributed by atoms with Crippen molar-refractivity contribution in [2.24, 2.45) is 0 Å². The Morgan fingerprint density at radius 2 is 1.64 bits per heavy atom. The van der Waals surface area contributed by atoms with Gasteiger partial charge >= 0.3 is 0 Å². The van der Waals surface area contributed by atoms with Crippen LogP contribution in [0.3, 0.4) is 0 Å². The predicted octanol–water partition coefficient (Wildman–Crippen LogP) is 2.22. The lowest BCUT2D eigenvalue weighted by Gasteiger charge is -2.00. The zero-order valence-corrected chi connectivity index (χ0v) is 11.7. The van der Waals surface area contributed by atoms with E-state index in [1.807, 2.05) is 48.5 Å². The third kappa shape index (κ3) is 1.87. The van der Waals surface area contributed by atoms with E-state index in [4.69, 9.17) is 0 Å². The van der Waals surface area contributed by atoms with E-state index in [9.17, 15) is 9.59 Å². The minimum absolute atomic E-state index is 0.179. The second-order valence-corrected chi connectivity index (χ2v) is 5.24. The number of rotatable bonds is 2. The maximum absolute atomic E-state index is 12.7. The van der Waals surface area contributed by atoms with Gasteiger partial charge in [0.1, 0.15) is 5.52 Å². The third-order valence-corrected chi connectivity index (χ3v) is 3.81. The van der Waals surface area contributed by atoms with Crippen molar-refractivity contribution in [2.45, 2.75) is 6.54 Å². The molecule has 5 heteroatoms. The van der Waals surface area contributed by atoms with Crippen molar-refractivity contribution in [3.8, 4) is 0 Å². The van der Waals surface area contributed by atoms with E-state index < -0.39 is 0 Å². The van der Waals surface area contributed by atoms with Gasteiger partial charge in [0.25, 0.3) is 11.1 Å². The Balaban J connectivity index is 2.01. The Hall–Kier alpha value is -3.08. The largest absolute Gasteiger partial charge is 0.320 e. The summed E-state index contributed by atoms with van der Waals surface area (Å²) in [4.78, 5) is 27.6. The lowest BCUT2D eigenvalue weighted by molar-refractivity contribution is 0.671. The highest BCUT2D eigenvalue weighted by molar-refractivity contribution is 6.03. The molecule has 2 aromatic heterocycles. The fourth-order valence-corrected chi connectivity index (χ4v) is 2.77. The first-order valence-electron chi connectivity index (χ1n) is 7.01. The van der Waals surface area contributed by atoms with Crippen molar-refractivity contribution >= 4 is 21.8 Å². The van der Waals surface area contributed by atoms with Gasteiger partial charge in [-0.1, -0.05) is 48.5 Å². The van der Waals surface area contributed by atoms with Gasteiger partial charge in [0, 0.05) is 10.9 Å². The van der Waals surface area contributed by atoms with Crippen LogP contribution in [0.1, 0.15) is 5.56 Å². The molecule has 0 aliphatic heterocycles. The van der Waals surface area contributed by atoms with E-state index in [1.165, 1.54) is 4.68 Å². The van der Waals surface area contributed by atoms with Gasteiger partial charge < -0.3 is 4.98 Å². The van der Waals surface area contributed by atoms with Gasteiger partial charge in [0.15, 0.2) is 0 Å². The molecule has 0 aliphatic rings. The number of benzene rings is 2. The van der Waals surface area contributed by atoms with Gasteiger partial charge in [-0.15, -0.1) is 0 Å². The van der Waals surface area contributed by atoms with Crippen LogP contribution in [0.4, 0.5) is 0 Å². The normalized spacial score (nSPS) is 11.3. The van der Waals surface area contributed by atoms with Crippen molar-refractivity contribution in [1.29, 1.82) is 0 Å². The number of para-hydroxylation sites is 1. The van der Waals surface area contributed by atoms with Gasteiger partial charge in [-0.3, -0.25) is 14.7 Å². The van der Waals surface area contributed by atoms with Crippen molar-refractivity contribution in [1.82, 2.24) is 14.8 Å². The van der Waals surface area contributed by atoms with Crippen LogP contribution < -0.4 is 11.1 Å². The zero-order valence-electron chi connectivity index (χ0n) is 11.7. The smallest absolute Gasteiger partial charge is 0.275 e. The molecule has 108 valence electrons. The van der Waals surface area contributed by atoms with Crippen LogP contribution in [0.5, 0.6) is 0 Å². The maximum Gasteiger partial charge on any atom is 0.275 e. The molecule has 4 rings (SSSR count). The fraction of sp³-hybridized carbons (Fsp3) is 0.0588. The summed E-state index contributed by atoms with van der Waals surface area (Å²) in [5.74, 6) is 0. The Morgan fingerprint density at radius 3 is 2.45 bits per heavy atom. The summed E-state index contributed by atoms with van der Waals surface area (Å²) in [5, 5.41) is 4.13. The van der Waals surface area contributed by atoms with E-state index in [0.717, 1.165) is 10.9 Å². The molecule has 2 aromatic carbocycles. The van der Waals surface area contributed by atoms with Gasteiger partial charge in [0.05, 0.1) is 11.9 Å². The first kappa shape index (κ1) is 12.6. The van der Waals surface area contributed by atoms with Crippen LogP contribution in [0.15, 0.2) is 64.2 Å². The average Bonchev–Trinajstić information content (AvgIpc) is 2.87. The van der Waals surface area contributed by atoms with Crippen LogP contribution in [0.25, 0.3) is 21.8 Å². The van der Waals surface area contributed by atoms with Gasteiger partial charge in [-0.2, -0.15) is 0 Å².